The van der Waals surface area contributed by atoms with Gasteiger partial charge in [0.15, 0.2) is 0 Å². The number of hydrogen-bond acceptors (Lipinski definition) is 3. The van der Waals surface area contributed by atoms with Gasteiger partial charge in [0.1, 0.15) is 0 Å². The molecule has 1 aromatic heterocycles. The topological polar surface area (TPSA) is 76.2 Å². The van der Waals surface area contributed by atoms with Crippen LogP contribution in [0.4, 0.5) is 0 Å². The first-order chi connectivity index (χ1) is 6.91. The molecule has 15 heavy (non-hydrogen) atoms. The van der Waals surface area contributed by atoms with Gasteiger partial charge in [-0.2, -0.15) is 0 Å². The maximum Gasteiger partial charge on any atom is 0.304 e. The number of pyridine rings is 1. The van der Waals surface area contributed by atoms with Crippen LogP contribution in [-0.4, -0.2) is 21.6 Å². The Balaban J connectivity index is 2.97. The van der Waals surface area contributed by atoms with Gasteiger partial charge in [-0.3, -0.25) is 9.78 Å². The minimum atomic E-state index is -0.857. The number of carbonyl (C=O) groups is 1. The molecule has 1 rings (SSSR count). The molecule has 1 heterocycles. The van der Waals surface area contributed by atoms with E-state index in [1.54, 1.807) is 12.3 Å². The molecule has 0 aliphatic heterocycles. The second kappa shape index (κ2) is 4.40. The fourth-order valence-corrected chi connectivity index (χ4v) is 1.51. The zero-order chi connectivity index (χ0) is 11.5. The Kier molecular flexibility index (Phi) is 3.42. The van der Waals surface area contributed by atoms with Gasteiger partial charge in [0.05, 0.1) is 6.42 Å². The molecule has 3 N–H and O–H groups in total. The van der Waals surface area contributed by atoms with E-state index < -0.39 is 11.5 Å². The number of nitrogens with two attached hydrogens (primary N) is 1. The van der Waals surface area contributed by atoms with E-state index in [1.165, 1.54) is 0 Å². The van der Waals surface area contributed by atoms with Gasteiger partial charge in [0.25, 0.3) is 0 Å². The van der Waals surface area contributed by atoms with E-state index in [0.29, 0.717) is 0 Å². The largest absolute Gasteiger partial charge is 0.481 e. The average Bonchev–Trinajstić information content (AvgIpc) is 2.14. The fourth-order valence-electron chi connectivity index (χ4n) is 1.51. The number of hydrogen-bond donors (Lipinski definition) is 2. The Morgan fingerprint density at radius 3 is 2.67 bits per heavy atom. The van der Waals surface area contributed by atoms with Crippen molar-refractivity contribution < 1.29 is 9.90 Å². The number of nitrogens with zero attached hydrogens (tertiary/aromatic N) is 1. The Morgan fingerprint density at radius 1 is 1.60 bits per heavy atom. The molecule has 0 amide bonds. The lowest BCUT2D eigenvalue weighted by atomic mass is 9.83. The van der Waals surface area contributed by atoms with Crippen molar-refractivity contribution in [2.45, 2.75) is 31.7 Å². The fraction of sp³-hybridized carbons (Fsp3) is 0.455. The average molecular weight is 208 g/mol. The van der Waals surface area contributed by atoms with E-state index >= 15 is 0 Å². The molecule has 82 valence electrons. The van der Waals surface area contributed by atoms with E-state index in [0.717, 1.165) is 5.69 Å². The summed E-state index contributed by atoms with van der Waals surface area (Å²) in [7, 11) is 0. The molecule has 0 aliphatic rings. The Labute approximate surface area is 89.1 Å². The predicted octanol–water partition coefficient (Wildman–Crippen LogP) is 1.38. The molecule has 1 atom stereocenters. The van der Waals surface area contributed by atoms with Crippen LogP contribution in [0.25, 0.3) is 0 Å². The summed E-state index contributed by atoms with van der Waals surface area (Å²) in [5.74, 6) is -1.12. The van der Waals surface area contributed by atoms with Crippen molar-refractivity contribution >= 4 is 5.97 Å². The van der Waals surface area contributed by atoms with Crippen LogP contribution < -0.4 is 5.73 Å². The maximum atomic E-state index is 10.7. The zero-order valence-corrected chi connectivity index (χ0v) is 8.97. The van der Waals surface area contributed by atoms with E-state index in [2.05, 4.69) is 4.98 Å². The van der Waals surface area contributed by atoms with Crippen molar-refractivity contribution in [3.8, 4) is 0 Å². The second-order valence-corrected chi connectivity index (χ2v) is 4.23. The molecular weight excluding hydrogens is 192 g/mol. The summed E-state index contributed by atoms with van der Waals surface area (Å²) >= 11 is 0. The van der Waals surface area contributed by atoms with Gasteiger partial charge >= 0.3 is 5.97 Å². The van der Waals surface area contributed by atoms with Crippen LogP contribution in [0.3, 0.4) is 0 Å². The van der Waals surface area contributed by atoms with Crippen LogP contribution >= 0.6 is 0 Å². The van der Waals surface area contributed by atoms with Gasteiger partial charge in [0, 0.05) is 23.3 Å². The summed E-state index contributed by atoms with van der Waals surface area (Å²) in [5, 5.41) is 8.83. The Bertz CT molecular complexity index is 330. The molecule has 0 aromatic carbocycles. The number of carboxylic acid groups (broad SMARTS) is 1. The number of rotatable bonds is 4. The van der Waals surface area contributed by atoms with Gasteiger partial charge in [-0.25, -0.2) is 0 Å². The summed E-state index contributed by atoms with van der Waals surface area (Å²) in [6, 6.07) is 5.44. The molecule has 0 saturated carbocycles. The molecule has 0 saturated heterocycles. The summed E-state index contributed by atoms with van der Waals surface area (Å²) in [4.78, 5) is 14.9. The molecule has 0 spiro atoms. The van der Waals surface area contributed by atoms with Gasteiger partial charge < -0.3 is 10.8 Å². The summed E-state index contributed by atoms with van der Waals surface area (Å²) < 4.78 is 0. The maximum absolute atomic E-state index is 10.7. The minimum Gasteiger partial charge on any atom is -0.481 e. The van der Waals surface area contributed by atoms with Gasteiger partial charge in [-0.1, -0.05) is 6.07 Å². The minimum absolute atomic E-state index is 0.000509. The molecule has 0 bridgehead atoms. The normalized spacial score (nSPS) is 13.5. The first kappa shape index (κ1) is 11.7. The second-order valence-electron chi connectivity index (χ2n) is 4.23. The third-order valence-electron chi connectivity index (χ3n) is 2.32. The van der Waals surface area contributed by atoms with Crippen molar-refractivity contribution in [1.82, 2.24) is 4.98 Å². The smallest absolute Gasteiger partial charge is 0.304 e. The molecule has 4 nitrogen and oxygen atoms in total. The van der Waals surface area contributed by atoms with Crippen LogP contribution in [0.5, 0.6) is 0 Å². The van der Waals surface area contributed by atoms with Gasteiger partial charge in [-0.15, -0.1) is 0 Å². The van der Waals surface area contributed by atoms with Gasteiger partial charge in [-0.05, 0) is 26.0 Å². The molecule has 1 unspecified atom stereocenters. The van der Waals surface area contributed by atoms with Crippen molar-refractivity contribution in [2.75, 3.05) is 0 Å². The molecule has 0 aliphatic carbocycles. The van der Waals surface area contributed by atoms with Crippen molar-refractivity contribution in [2.24, 2.45) is 5.73 Å². The first-order valence-electron chi connectivity index (χ1n) is 4.83. The number of aliphatic carboxylic acids is 1. The van der Waals surface area contributed by atoms with Crippen LogP contribution in [0.15, 0.2) is 24.4 Å². The van der Waals surface area contributed by atoms with Crippen molar-refractivity contribution in [3.05, 3.63) is 30.1 Å². The number of carboxylic acids is 1. The Morgan fingerprint density at radius 2 is 2.27 bits per heavy atom. The van der Waals surface area contributed by atoms with E-state index in [4.69, 9.17) is 10.8 Å². The summed E-state index contributed by atoms with van der Waals surface area (Å²) in [6.07, 6.45) is 1.65. The predicted molar refractivity (Wildman–Crippen MR) is 57.5 cm³/mol. The lowest BCUT2D eigenvalue weighted by Gasteiger charge is -2.28. The Hall–Kier alpha value is -1.42. The van der Waals surface area contributed by atoms with Crippen molar-refractivity contribution in [3.63, 3.8) is 0 Å². The summed E-state index contributed by atoms with van der Waals surface area (Å²) in [6.45, 7) is 3.63. The third kappa shape index (κ3) is 3.32. The highest BCUT2D eigenvalue weighted by molar-refractivity contribution is 5.68. The zero-order valence-electron chi connectivity index (χ0n) is 8.97. The standard InChI is InChI=1S/C11H16N2O2/c1-11(2,12)8(7-10(14)15)9-5-3-4-6-13-9/h3-6,8H,7,12H2,1-2H3,(H,14,15). The highest BCUT2D eigenvalue weighted by Gasteiger charge is 2.29. The van der Waals surface area contributed by atoms with E-state index in [1.807, 2.05) is 26.0 Å². The van der Waals surface area contributed by atoms with Crippen LogP contribution in [0, 0.1) is 0 Å². The number of aromatic nitrogens is 1. The highest BCUT2D eigenvalue weighted by Crippen LogP contribution is 2.27. The lowest BCUT2D eigenvalue weighted by Crippen LogP contribution is -2.40. The highest BCUT2D eigenvalue weighted by atomic mass is 16.4. The first-order valence-corrected chi connectivity index (χ1v) is 4.83. The van der Waals surface area contributed by atoms with Crippen LogP contribution in [0.1, 0.15) is 31.9 Å². The van der Waals surface area contributed by atoms with E-state index in [9.17, 15) is 4.79 Å². The van der Waals surface area contributed by atoms with E-state index in [-0.39, 0.29) is 12.3 Å². The molecule has 1 aromatic rings. The van der Waals surface area contributed by atoms with Crippen LogP contribution in [-0.2, 0) is 4.79 Å². The van der Waals surface area contributed by atoms with Crippen molar-refractivity contribution in [1.29, 1.82) is 0 Å². The molecule has 4 heteroatoms. The SMILES string of the molecule is CC(C)(N)C(CC(=O)O)c1ccccn1. The molecule has 0 radical (unpaired) electrons. The van der Waals surface area contributed by atoms with Gasteiger partial charge in [0.2, 0.25) is 0 Å². The lowest BCUT2D eigenvalue weighted by molar-refractivity contribution is -0.137. The summed E-state index contributed by atoms with van der Waals surface area (Å²) in [5.41, 5.74) is 6.10. The molecule has 0 fully saturated rings. The molecular formula is C11H16N2O2. The monoisotopic (exact) mass is 208 g/mol. The third-order valence-corrected chi connectivity index (χ3v) is 2.32. The quantitative estimate of drug-likeness (QED) is 0.783. The van der Waals surface area contributed by atoms with Crippen LogP contribution in [0.2, 0.25) is 0 Å².